The number of aromatic nitrogens is 4. The van der Waals surface area contributed by atoms with Gasteiger partial charge < -0.3 is 15.4 Å². The Morgan fingerprint density at radius 1 is 1.20 bits per heavy atom. The second kappa shape index (κ2) is 8.29. The molecule has 9 nitrogen and oxygen atoms in total. The first-order valence-electron chi connectivity index (χ1n) is 13.0. The molecule has 1 aromatic carbocycles. The summed E-state index contributed by atoms with van der Waals surface area (Å²) in [4.78, 5) is 24.3. The molecule has 1 fully saturated rings. The number of benzene rings is 1. The maximum atomic E-state index is 13.3. The van der Waals surface area contributed by atoms with Crippen molar-refractivity contribution in [2.24, 2.45) is 11.1 Å². The van der Waals surface area contributed by atoms with Gasteiger partial charge in [-0.3, -0.25) is 9.78 Å². The Morgan fingerprint density at radius 3 is 2.70 bits per heavy atom. The largest absolute Gasteiger partial charge is 0.434 e. The number of pyridine rings is 1. The smallest absolute Gasteiger partial charge is 0.387 e. The molecule has 2 N–H and O–H groups in total. The molecular weight excluding hydrogens is 516 g/mol. The molecule has 2 bridgehead atoms. The number of alkyl halides is 2. The first-order valence-corrected chi connectivity index (χ1v) is 13.0. The fourth-order valence-corrected chi connectivity index (χ4v) is 6.80. The highest BCUT2D eigenvalue weighted by molar-refractivity contribution is 5.98. The second-order valence-electron chi connectivity index (χ2n) is 11.3. The van der Waals surface area contributed by atoms with Crippen molar-refractivity contribution in [1.82, 2.24) is 24.5 Å². The van der Waals surface area contributed by atoms with Crippen LogP contribution in [0.4, 0.5) is 8.78 Å². The number of rotatable bonds is 4. The predicted octanol–water partition coefficient (Wildman–Crippen LogP) is 4.53. The van der Waals surface area contributed by atoms with Crippen LogP contribution in [0.15, 0.2) is 48.7 Å². The van der Waals surface area contributed by atoms with Gasteiger partial charge in [0.2, 0.25) is 0 Å². The lowest BCUT2D eigenvalue weighted by molar-refractivity contribution is -0.0506. The van der Waals surface area contributed by atoms with Gasteiger partial charge in [0.1, 0.15) is 5.75 Å². The first-order chi connectivity index (χ1) is 19.1. The van der Waals surface area contributed by atoms with Crippen LogP contribution in [0.5, 0.6) is 5.75 Å². The van der Waals surface area contributed by atoms with Gasteiger partial charge in [0.15, 0.2) is 5.65 Å². The number of halogens is 2. The molecule has 3 aromatic heterocycles. The van der Waals surface area contributed by atoms with Gasteiger partial charge in [0, 0.05) is 35.9 Å². The topological polar surface area (TPSA) is 122 Å². The number of nitrogens with zero attached hydrogens (tertiary/aromatic N) is 6. The number of nitriles is 1. The molecule has 2 atom stereocenters. The zero-order valence-electron chi connectivity index (χ0n) is 21.8. The van der Waals surface area contributed by atoms with Crippen molar-refractivity contribution in [2.75, 3.05) is 7.05 Å². The molecule has 2 aliphatic carbocycles. The average Bonchev–Trinajstić information content (AvgIpc) is 3.45. The van der Waals surface area contributed by atoms with Crippen LogP contribution in [0.25, 0.3) is 16.9 Å². The van der Waals surface area contributed by atoms with Gasteiger partial charge >= 0.3 is 6.61 Å². The van der Waals surface area contributed by atoms with E-state index in [4.69, 9.17) is 20.6 Å². The van der Waals surface area contributed by atoms with E-state index in [0.29, 0.717) is 47.4 Å². The van der Waals surface area contributed by atoms with Crippen LogP contribution in [0.3, 0.4) is 0 Å². The van der Waals surface area contributed by atoms with Crippen LogP contribution in [-0.4, -0.2) is 44.0 Å². The van der Waals surface area contributed by atoms with Gasteiger partial charge in [-0.25, -0.2) is 9.50 Å². The van der Waals surface area contributed by atoms with E-state index in [9.17, 15) is 18.8 Å². The number of fused-ring (bicyclic) bond motifs is 9. The van der Waals surface area contributed by atoms with E-state index < -0.39 is 23.5 Å². The van der Waals surface area contributed by atoms with E-state index >= 15 is 0 Å². The maximum absolute atomic E-state index is 13.3. The van der Waals surface area contributed by atoms with Crippen molar-refractivity contribution >= 4 is 11.6 Å². The van der Waals surface area contributed by atoms with Crippen LogP contribution in [0, 0.1) is 16.7 Å². The third-order valence-corrected chi connectivity index (χ3v) is 8.54. The summed E-state index contributed by atoms with van der Waals surface area (Å²) in [5.74, 6) is -0.691. The number of hydrogen-bond donors (Lipinski definition) is 1. The number of imidazole rings is 1. The van der Waals surface area contributed by atoms with Crippen molar-refractivity contribution in [1.29, 1.82) is 5.26 Å². The van der Waals surface area contributed by atoms with E-state index in [1.165, 1.54) is 6.07 Å². The summed E-state index contributed by atoms with van der Waals surface area (Å²) in [6.45, 7) is -1.12. The normalized spacial score (nSPS) is 26.7. The summed E-state index contributed by atoms with van der Waals surface area (Å²) >= 11 is 0. The molecule has 7 rings (SSSR count). The van der Waals surface area contributed by atoms with Crippen molar-refractivity contribution in [3.63, 3.8) is 0 Å². The molecule has 1 saturated carbocycles. The van der Waals surface area contributed by atoms with Crippen molar-refractivity contribution < 1.29 is 18.3 Å². The number of carbonyl (C=O) groups excluding carboxylic acids is 1. The Morgan fingerprint density at radius 2 is 2.00 bits per heavy atom. The fourth-order valence-electron chi connectivity index (χ4n) is 6.80. The molecule has 4 heterocycles. The summed E-state index contributed by atoms with van der Waals surface area (Å²) < 4.78 is 33.3. The highest BCUT2D eigenvalue weighted by Crippen LogP contribution is 2.53. The molecule has 1 aliphatic heterocycles. The molecule has 0 spiro atoms. The molecule has 0 radical (unpaired) electrons. The highest BCUT2D eigenvalue weighted by Gasteiger charge is 2.52. The van der Waals surface area contributed by atoms with Gasteiger partial charge in [-0.1, -0.05) is 6.07 Å². The Labute approximate surface area is 228 Å². The quantitative estimate of drug-likeness (QED) is 0.403. The lowest BCUT2D eigenvalue weighted by Gasteiger charge is -2.48. The number of carbonyl (C=O) groups is 1. The first kappa shape index (κ1) is 24.6. The maximum Gasteiger partial charge on any atom is 0.387 e. The third kappa shape index (κ3) is 3.45. The summed E-state index contributed by atoms with van der Waals surface area (Å²) in [6.07, 6.45) is 3.30. The Kier molecular flexibility index (Phi) is 5.10. The molecular formula is C29H25F2N7O2. The van der Waals surface area contributed by atoms with Gasteiger partial charge in [-0.2, -0.15) is 19.1 Å². The summed E-state index contributed by atoms with van der Waals surface area (Å²) in [6, 6.07) is 14.1. The molecule has 40 heavy (non-hydrogen) atoms. The standard InChI is InChI=1S/C29H25F2N7O2/c1-28(14-32)12-29(33,13-28)21-8-6-15(11-34-21)18-7-9-22-35-24-19-10-17(25(24)38(22)36-18)23-16(26(39)37(19)2)4-3-5-20(23)40-27(30)31/h3-9,11,17,19,27H,10,12-13,33H2,1-2H3. The second-order valence-corrected chi connectivity index (χ2v) is 11.3. The van der Waals surface area contributed by atoms with E-state index in [1.807, 2.05) is 31.2 Å². The summed E-state index contributed by atoms with van der Waals surface area (Å²) in [5, 5.41) is 14.2. The lowest BCUT2D eigenvalue weighted by Crippen LogP contribution is -2.54. The van der Waals surface area contributed by atoms with Crippen LogP contribution >= 0.6 is 0 Å². The molecule has 0 saturated heterocycles. The zero-order valence-corrected chi connectivity index (χ0v) is 21.8. The molecule has 4 aromatic rings. The minimum atomic E-state index is -3.03. The van der Waals surface area contributed by atoms with Gasteiger partial charge in [-0.05, 0) is 62.6 Å². The zero-order chi connectivity index (χ0) is 28.0. The third-order valence-electron chi connectivity index (χ3n) is 8.54. The van der Waals surface area contributed by atoms with Gasteiger partial charge in [0.25, 0.3) is 5.91 Å². The van der Waals surface area contributed by atoms with Gasteiger partial charge in [-0.15, -0.1) is 0 Å². The van der Waals surface area contributed by atoms with Crippen LogP contribution in [-0.2, 0) is 5.54 Å². The number of ether oxygens (including phenoxy) is 1. The number of amides is 1. The molecule has 11 heteroatoms. The van der Waals surface area contributed by atoms with E-state index in [2.05, 4.69) is 11.1 Å². The number of hydrogen-bond acceptors (Lipinski definition) is 7. The summed E-state index contributed by atoms with van der Waals surface area (Å²) in [7, 11) is 1.70. The minimum absolute atomic E-state index is 0.0159. The monoisotopic (exact) mass is 541 g/mol. The highest BCUT2D eigenvalue weighted by atomic mass is 19.3. The molecule has 3 aliphatic rings. The molecule has 202 valence electrons. The van der Waals surface area contributed by atoms with E-state index in [1.54, 1.807) is 34.8 Å². The molecule has 1 amide bonds. The SMILES string of the molecule is CN1C(=O)c2cccc(OC(F)F)c2C2CC1c1nc3ccc(-c4ccc(C5(N)CC(C)(C#N)C5)nc4)nn3c12. The van der Waals surface area contributed by atoms with Gasteiger partial charge in [0.05, 0.1) is 45.8 Å². The van der Waals surface area contributed by atoms with Crippen LogP contribution in [0.2, 0.25) is 0 Å². The Balaban J connectivity index is 1.31. The van der Waals surface area contributed by atoms with E-state index in [-0.39, 0.29) is 17.7 Å². The lowest BCUT2D eigenvalue weighted by atomic mass is 9.58. The minimum Gasteiger partial charge on any atom is -0.434 e. The van der Waals surface area contributed by atoms with Crippen LogP contribution < -0.4 is 10.5 Å². The van der Waals surface area contributed by atoms with Crippen molar-refractivity contribution in [2.45, 2.75) is 50.3 Å². The molecule has 2 unspecified atom stereocenters. The van der Waals surface area contributed by atoms with Crippen molar-refractivity contribution in [3.8, 4) is 23.1 Å². The fraction of sp³-hybridized carbons (Fsp3) is 0.345. The summed E-state index contributed by atoms with van der Waals surface area (Å²) in [5.41, 5.74) is 10.4. The average molecular weight is 542 g/mol. The van der Waals surface area contributed by atoms with E-state index in [0.717, 1.165) is 17.0 Å². The predicted molar refractivity (Wildman–Crippen MR) is 139 cm³/mol. The Bertz CT molecular complexity index is 1740. The number of nitrogens with two attached hydrogens (primary N) is 1. The van der Waals surface area contributed by atoms with Crippen molar-refractivity contribution in [3.05, 3.63) is 76.9 Å². The van der Waals surface area contributed by atoms with Crippen LogP contribution in [0.1, 0.15) is 71.1 Å². The Hall–Kier alpha value is -4.43.